The Morgan fingerprint density at radius 3 is 2.81 bits per heavy atom. The summed E-state index contributed by atoms with van der Waals surface area (Å²) in [5.41, 5.74) is 2.58. The van der Waals surface area contributed by atoms with Gasteiger partial charge in [-0.05, 0) is 49.8 Å². The van der Waals surface area contributed by atoms with E-state index in [1.807, 2.05) is 26.0 Å². The van der Waals surface area contributed by atoms with Gasteiger partial charge in [-0.2, -0.15) is 0 Å². The molecule has 1 aliphatic rings. The number of hydrogen-bond acceptors (Lipinski definition) is 5. The number of nitrogens with one attached hydrogen (secondary N) is 1. The van der Waals surface area contributed by atoms with Crippen LogP contribution in [0.5, 0.6) is 0 Å². The van der Waals surface area contributed by atoms with E-state index in [0.29, 0.717) is 26.6 Å². The topological polar surface area (TPSA) is 76.9 Å². The van der Waals surface area contributed by atoms with Gasteiger partial charge < -0.3 is 9.88 Å². The number of pyridine rings is 1. The molecule has 134 valence electrons. The number of hydrogen-bond donors (Lipinski definition) is 1. The minimum Gasteiger partial charge on any atom is -0.343 e. The molecule has 1 saturated carbocycles. The molecule has 1 N–H and O–H groups in total. The van der Waals surface area contributed by atoms with E-state index in [4.69, 9.17) is 0 Å². The van der Waals surface area contributed by atoms with E-state index in [1.54, 1.807) is 13.2 Å². The number of thiophene rings is 1. The molecule has 3 heterocycles. The lowest BCUT2D eigenvalue weighted by molar-refractivity contribution is 0.0934. The van der Waals surface area contributed by atoms with Crippen molar-refractivity contribution >= 4 is 27.5 Å². The average Bonchev–Trinajstić information content (AvgIpc) is 3.40. The zero-order chi connectivity index (χ0) is 18.4. The molecule has 0 aliphatic heterocycles. The second-order valence-corrected chi connectivity index (χ2v) is 7.89. The molecule has 0 unspecified atom stereocenters. The molecule has 26 heavy (non-hydrogen) atoms. The fourth-order valence-corrected chi connectivity index (χ4v) is 4.34. The molecule has 0 spiro atoms. The molecule has 1 aliphatic carbocycles. The normalized spacial score (nSPS) is 15.2. The molecule has 1 fully saturated rings. The summed E-state index contributed by atoms with van der Waals surface area (Å²) in [5, 5.41) is 3.69. The van der Waals surface area contributed by atoms with Crippen LogP contribution in [-0.2, 0) is 7.05 Å². The Morgan fingerprint density at radius 1 is 1.35 bits per heavy atom. The molecule has 0 saturated heterocycles. The van der Waals surface area contributed by atoms with Crippen LogP contribution in [-0.4, -0.2) is 20.4 Å². The molecule has 7 heteroatoms. The number of aryl methyl sites for hydroxylation is 3. The highest BCUT2D eigenvalue weighted by atomic mass is 32.1. The van der Waals surface area contributed by atoms with Gasteiger partial charge in [0.05, 0.1) is 28.3 Å². The van der Waals surface area contributed by atoms with Gasteiger partial charge in [-0.25, -0.2) is 4.98 Å². The van der Waals surface area contributed by atoms with Crippen molar-refractivity contribution in [3.8, 4) is 0 Å². The van der Waals surface area contributed by atoms with Crippen molar-refractivity contribution in [3.05, 3.63) is 56.7 Å². The lowest BCUT2D eigenvalue weighted by atomic mass is 10.0. The van der Waals surface area contributed by atoms with Gasteiger partial charge in [-0.3, -0.25) is 14.6 Å². The van der Waals surface area contributed by atoms with Gasteiger partial charge in [0.15, 0.2) is 0 Å². The first-order valence-electron chi connectivity index (χ1n) is 8.64. The summed E-state index contributed by atoms with van der Waals surface area (Å²) >= 11 is 1.27. The fraction of sp³-hybridized carbons (Fsp3) is 0.368. The van der Waals surface area contributed by atoms with Crippen molar-refractivity contribution in [2.75, 3.05) is 0 Å². The third-order valence-corrected chi connectivity index (χ3v) is 6.14. The Labute approximate surface area is 154 Å². The standard InChI is InChI=1S/C19H20N4O2S/c1-10-5-4-8-20-14(10)15(12-6-7-12)22-17(24)16-11(2)13-18(26-16)21-9-23(3)19(13)25/h4-5,8-9,12,15H,6-7H2,1-3H3,(H,22,24)/t15-/m1/s1. The molecule has 1 atom stereocenters. The van der Waals surface area contributed by atoms with Gasteiger partial charge in [0, 0.05) is 13.2 Å². The van der Waals surface area contributed by atoms with Gasteiger partial charge in [0.25, 0.3) is 11.5 Å². The SMILES string of the molecule is Cc1cccnc1[C@H](NC(=O)c1sc2ncn(C)c(=O)c2c1C)C1CC1. The van der Waals surface area contributed by atoms with Crippen LogP contribution in [0.15, 0.2) is 29.5 Å². The molecule has 0 bridgehead atoms. The second kappa shape index (κ2) is 6.32. The van der Waals surface area contributed by atoms with Gasteiger partial charge in [-0.15, -0.1) is 11.3 Å². The summed E-state index contributed by atoms with van der Waals surface area (Å²) in [6, 6.07) is 3.83. The first kappa shape index (κ1) is 16.9. The Hall–Kier alpha value is -2.54. The van der Waals surface area contributed by atoms with Crippen LogP contribution in [0, 0.1) is 19.8 Å². The number of carbonyl (C=O) groups excluding carboxylic acids is 1. The van der Waals surface area contributed by atoms with Crippen molar-refractivity contribution in [1.29, 1.82) is 0 Å². The number of carbonyl (C=O) groups is 1. The molecule has 0 aromatic carbocycles. The van der Waals surface area contributed by atoms with Crippen LogP contribution in [0.4, 0.5) is 0 Å². The Morgan fingerprint density at radius 2 is 2.12 bits per heavy atom. The van der Waals surface area contributed by atoms with Crippen molar-refractivity contribution in [3.63, 3.8) is 0 Å². The molecule has 6 nitrogen and oxygen atoms in total. The third kappa shape index (κ3) is 2.82. The quantitative estimate of drug-likeness (QED) is 0.768. The monoisotopic (exact) mass is 368 g/mol. The first-order valence-corrected chi connectivity index (χ1v) is 9.46. The summed E-state index contributed by atoms with van der Waals surface area (Å²) in [4.78, 5) is 35.3. The summed E-state index contributed by atoms with van der Waals surface area (Å²) in [7, 11) is 1.67. The van der Waals surface area contributed by atoms with Crippen molar-refractivity contribution < 1.29 is 4.79 Å². The van der Waals surface area contributed by atoms with Crippen molar-refractivity contribution in [2.24, 2.45) is 13.0 Å². The van der Waals surface area contributed by atoms with Crippen molar-refractivity contribution in [2.45, 2.75) is 32.7 Å². The maximum atomic E-state index is 13.0. The Bertz CT molecular complexity index is 1070. The first-order chi connectivity index (χ1) is 12.5. The smallest absolute Gasteiger partial charge is 0.262 e. The third-order valence-electron chi connectivity index (χ3n) is 4.94. The van der Waals surface area contributed by atoms with Crippen LogP contribution in [0.25, 0.3) is 10.2 Å². The molecular weight excluding hydrogens is 348 g/mol. The number of amides is 1. The maximum Gasteiger partial charge on any atom is 0.262 e. The maximum absolute atomic E-state index is 13.0. The summed E-state index contributed by atoms with van der Waals surface area (Å²) in [6.45, 7) is 3.83. The lowest BCUT2D eigenvalue weighted by Gasteiger charge is -2.19. The molecule has 3 aromatic heterocycles. The van der Waals surface area contributed by atoms with E-state index in [9.17, 15) is 9.59 Å². The van der Waals surface area contributed by atoms with Crippen LogP contribution < -0.4 is 10.9 Å². The highest BCUT2D eigenvalue weighted by Crippen LogP contribution is 2.41. The lowest BCUT2D eigenvalue weighted by Crippen LogP contribution is -2.31. The largest absolute Gasteiger partial charge is 0.343 e. The van der Waals surface area contributed by atoms with Crippen LogP contribution in [0.2, 0.25) is 0 Å². The minimum atomic E-state index is -0.158. The van der Waals surface area contributed by atoms with E-state index >= 15 is 0 Å². The minimum absolute atomic E-state index is 0.0934. The summed E-state index contributed by atoms with van der Waals surface area (Å²) in [6.07, 6.45) is 5.44. The molecule has 4 rings (SSSR count). The van der Waals surface area contributed by atoms with E-state index in [-0.39, 0.29) is 17.5 Å². The fourth-order valence-electron chi connectivity index (χ4n) is 3.29. The van der Waals surface area contributed by atoms with Gasteiger partial charge in [0.1, 0.15) is 4.83 Å². The molecule has 3 aromatic rings. The highest BCUT2D eigenvalue weighted by Gasteiger charge is 2.35. The van der Waals surface area contributed by atoms with E-state index < -0.39 is 0 Å². The Kier molecular flexibility index (Phi) is 4.11. The van der Waals surface area contributed by atoms with Crippen LogP contribution >= 0.6 is 11.3 Å². The highest BCUT2D eigenvalue weighted by molar-refractivity contribution is 7.20. The molecule has 0 radical (unpaired) electrons. The second-order valence-electron chi connectivity index (χ2n) is 6.89. The van der Waals surface area contributed by atoms with Gasteiger partial charge >= 0.3 is 0 Å². The van der Waals surface area contributed by atoms with Crippen molar-refractivity contribution in [1.82, 2.24) is 19.9 Å². The number of rotatable bonds is 4. The predicted octanol–water partition coefficient (Wildman–Crippen LogP) is 2.89. The van der Waals surface area contributed by atoms with Crippen LogP contribution in [0.1, 0.15) is 45.4 Å². The zero-order valence-electron chi connectivity index (χ0n) is 14.9. The van der Waals surface area contributed by atoms with E-state index in [1.165, 1.54) is 22.2 Å². The molecule has 1 amide bonds. The number of aromatic nitrogens is 3. The number of nitrogens with zero attached hydrogens (tertiary/aromatic N) is 3. The van der Waals surface area contributed by atoms with E-state index in [2.05, 4.69) is 15.3 Å². The van der Waals surface area contributed by atoms with E-state index in [0.717, 1.165) is 24.1 Å². The van der Waals surface area contributed by atoms with Gasteiger partial charge in [0.2, 0.25) is 0 Å². The Balaban J connectivity index is 1.71. The zero-order valence-corrected chi connectivity index (χ0v) is 15.8. The average molecular weight is 368 g/mol. The summed E-state index contributed by atoms with van der Waals surface area (Å²) < 4.78 is 1.44. The van der Waals surface area contributed by atoms with Gasteiger partial charge in [-0.1, -0.05) is 6.07 Å². The molecular formula is C19H20N4O2S. The summed E-state index contributed by atoms with van der Waals surface area (Å²) in [5.74, 6) is 0.266. The predicted molar refractivity (Wildman–Crippen MR) is 102 cm³/mol. The van der Waals surface area contributed by atoms with Crippen LogP contribution in [0.3, 0.4) is 0 Å². The number of fused-ring (bicyclic) bond motifs is 1.